The summed E-state index contributed by atoms with van der Waals surface area (Å²) in [6.07, 6.45) is 0. The first-order valence-electron chi connectivity index (χ1n) is 3.86. The van der Waals surface area contributed by atoms with Crippen LogP contribution in [0.2, 0.25) is 0 Å². The standard InChI is InChI=1S/C9H11NO3/c10-8(9(11)12)6-13-7-4-2-1-3-5-7/h1-5,8H,6,10H2,(H,11,12)/t8-/m0/s1. The fourth-order valence-electron chi connectivity index (χ4n) is 0.774. The van der Waals surface area contributed by atoms with Crippen LogP contribution in [-0.2, 0) is 4.79 Å². The van der Waals surface area contributed by atoms with E-state index in [9.17, 15) is 4.79 Å². The summed E-state index contributed by atoms with van der Waals surface area (Å²) in [5.41, 5.74) is 5.24. The number of benzene rings is 1. The number of hydrogen-bond donors (Lipinski definition) is 2. The van der Waals surface area contributed by atoms with Crippen molar-refractivity contribution in [1.29, 1.82) is 0 Å². The lowest BCUT2D eigenvalue weighted by atomic mass is 10.3. The predicted octanol–water partition coefficient (Wildman–Crippen LogP) is 0.477. The molecule has 1 aromatic carbocycles. The smallest absolute Gasteiger partial charge is 0.324 e. The second-order valence-corrected chi connectivity index (χ2v) is 2.57. The highest BCUT2D eigenvalue weighted by Gasteiger charge is 2.11. The maximum absolute atomic E-state index is 10.3. The van der Waals surface area contributed by atoms with E-state index in [0.29, 0.717) is 5.75 Å². The molecule has 0 unspecified atom stereocenters. The van der Waals surface area contributed by atoms with Crippen LogP contribution in [0.3, 0.4) is 0 Å². The molecule has 70 valence electrons. The van der Waals surface area contributed by atoms with Crippen LogP contribution >= 0.6 is 0 Å². The number of aliphatic carboxylic acids is 1. The van der Waals surface area contributed by atoms with E-state index >= 15 is 0 Å². The van der Waals surface area contributed by atoms with Crippen LogP contribution in [-0.4, -0.2) is 23.7 Å². The summed E-state index contributed by atoms with van der Waals surface area (Å²) in [6.45, 7) is -0.0145. The first-order chi connectivity index (χ1) is 6.20. The lowest BCUT2D eigenvalue weighted by Gasteiger charge is -2.08. The Bertz CT molecular complexity index is 273. The second-order valence-electron chi connectivity index (χ2n) is 2.57. The summed E-state index contributed by atoms with van der Waals surface area (Å²) in [4.78, 5) is 10.3. The molecule has 4 heteroatoms. The molecule has 1 rings (SSSR count). The third kappa shape index (κ3) is 3.13. The number of carboxylic acid groups (broad SMARTS) is 1. The topological polar surface area (TPSA) is 72.5 Å². The molecule has 1 atom stereocenters. The maximum atomic E-state index is 10.3. The Morgan fingerprint density at radius 3 is 2.62 bits per heavy atom. The molecular formula is C9H11NO3. The van der Waals surface area contributed by atoms with Crippen molar-refractivity contribution in [3.05, 3.63) is 30.3 Å². The summed E-state index contributed by atoms with van der Waals surface area (Å²) >= 11 is 0. The van der Waals surface area contributed by atoms with Crippen molar-refractivity contribution >= 4 is 5.97 Å². The van der Waals surface area contributed by atoms with Gasteiger partial charge in [-0.05, 0) is 12.1 Å². The summed E-state index contributed by atoms with van der Waals surface area (Å²) in [5, 5.41) is 8.46. The molecule has 0 aliphatic rings. The minimum atomic E-state index is -1.06. The van der Waals surface area contributed by atoms with Gasteiger partial charge in [0.15, 0.2) is 0 Å². The molecule has 0 aliphatic heterocycles. The highest BCUT2D eigenvalue weighted by Crippen LogP contribution is 2.07. The summed E-state index contributed by atoms with van der Waals surface area (Å²) in [6, 6.07) is 7.98. The number of hydrogen-bond acceptors (Lipinski definition) is 3. The van der Waals surface area contributed by atoms with Gasteiger partial charge >= 0.3 is 5.97 Å². The van der Waals surface area contributed by atoms with E-state index in [0.717, 1.165) is 0 Å². The van der Waals surface area contributed by atoms with Gasteiger partial charge in [0, 0.05) is 0 Å². The zero-order valence-electron chi connectivity index (χ0n) is 7.01. The van der Waals surface area contributed by atoms with Crippen molar-refractivity contribution in [3.63, 3.8) is 0 Å². The SMILES string of the molecule is N[C@@H](COc1ccccc1)C(=O)O. The molecule has 0 saturated heterocycles. The van der Waals surface area contributed by atoms with E-state index in [1.54, 1.807) is 12.1 Å². The lowest BCUT2D eigenvalue weighted by Crippen LogP contribution is -2.36. The third-order valence-corrected chi connectivity index (χ3v) is 1.49. The molecular weight excluding hydrogens is 170 g/mol. The van der Waals surface area contributed by atoms with Gasteiger partial charge < -0.3 is 15.6 Å². The molecule has 0 heterocycles. The fraction of sp³-hybridized carbons (Fsp3) is 0.222. The predicted molar refractivity (Wildman–Crippen MR) is 47.5 cm³/mol. The summed E-state index contributed by atoms with van der Waals surface area (Å²) < 4.78 is 5.12. The van der Waals surface area contributed by atoms with Crippen molar-refractivity contribution in [3.8, 4) is 5.75 Å². The van der Waals surface area contributed by atoms with Crippen LogP contribution in [0.15, 0.2) is 30.3 Å². The van der Waals surface area contributed by atoms with E-state index in [1.807, 2.05) is 18.2 Å². The molecule has 0 aliphatic carbocycles. The molecule has 13 heavy (non-hydrogen) atoms. The molecule has 0 aromatic heterocycles. The number of nitrogens with two attached hydrogens (primary N) is 1. The number of para-hydroxylation sites is 1. The molecule has 3 N–H and O–H groups in total. The Kier molecular flexibility index (Phi) is 3.28. The fourth-order valence-corrected chi connectivity index (χ4v) is 0.774. The van der Waals surface area contributed by atoms with Crippen molar-refractivity contribution in [1.82, 2.24) is 0 Å². The molecule has 0 spiro atoms. The lowest BCUT2D eigenvalue weighted by molar-refractivity contribution is -0.139. The Morgan fingerprint density at radius 1 is 1.46 bits per heavy atom. The van der Waals surface area contributed by atoms with Gasteiger partial charge in [0.05, 0.1) is 0 Å². The van der Waals surface area contributed by atoms with Crippen LogP contribution in [0.25, 0.3) is 0 Å². The van der Waals surface area contributed by atoms with E-state index in [4.69, 9.17) is 15.6 Å². The Morgan fingerprint density at radius 2 is 2.08 bits per heavy atom. The number of carboxylic acids is 1. The van der Waals surface area contributed by atoms with Gasteiger partial charge in [-0.15, -0.1) is 0 Å². The highest BCUT2D eigenvalue weighted by molar-refractivity contribution is 5.73. The van der Waals surface area contributed by atoms with Gasteiger partial charge in [-0.3, -0.25) is 4.79 Å². The minimum Gasteiger partial charge on any atom is -0.491 e. The van der Waals surface area contributed by atoms with Gasteiger partial charge in [-0.1, -0.05) is 18.2 Å². The van der Waals surface area contributed by atoms with Gasteiger partial charge in [0.1, 0.15) is 18.4 Å². The van der Waals surface area contributed by atoms with Crippen LogP contribution in [0.5, 0.6) is 5.75 Å². The van der Waals surface area contributed by atoms with Crippen molar-refractivity contribution in [2.75, 3.05) is 6.61 Å². The van der Waals surface area contributed by atoms with E-state index in [1.165, 1.54) is 0 Å². The molecule has 0 amide bonds. The Labute approximate surface area is 75.9 Å². The third-order valence-electron chi connectivity index (χ3n) is 1.49. The van der Waals surface area contributed by atoms with Crippen LogP contribution < -0.4 is 10.5 Å². The van der Waals surface area contributed by atoms with E-state index in [2.05, 4.69) is 0 Å². The number of ether oxygens (including phenoxy) is 1. The monoisotopic (exact) mass is 181 g/mol. The van der Waals surface area contributed by atoms with Gasteiger partial charge in [-0.2, -0.15) is 0 Å². The molecule has 0 saturated carbocycles. The number of carbonyl (C=O) groups is 1. The number of rotatable bonds is 4. The normalized spacial score (nSPS) is 12.1. The summed E-state index contributed by atoms with van der Waals surface area (Å²) in [7, 11) is 0. The first kappa shape index (κ1) is 9.54. The maximum Gasteiger partial charge on any atom is 0.324 e. The Balaban J connectivity index is 2.39. The van der Waals surface area contributed by atoms with Crippen LogP contribution in [0.4, 0.5) is 0 Å². The van der Waals surface area contributed by atoms with Crippen LogP contribution in [0.1, 0.15) is 0 Å². The van der Waals surface area contributed by atoms with E-state index < -0.39 is 12.0 Å². The largest absolute Gasteiger partial charge is 0.491 e. The van der Waals surface area contributed by atoms with E-state index in [-0.39, 0.29) is 6.61 Å². The highest BCUT2D eigenvalue weighted by atomic mass is 16.5. The van der Waals surface area contributed by atoms with Crippen LogP contribution in [0, 0.1) is 0 Å². The molecule has 0 fully saturated rings. The average molecular weight is 181 g/mol. The minimum absolute atomic E-state index is 0.0145. The molecule has 0 radical (unpaired) electrons. The molecule has 1 aromatic rings. The quantitative estimate of drug-likeness (QED) is 0.708. The van der Waals surface area contributed by atoms with Crippen molar-refractivity contribution in [2.45, 2.75) is 6.04 Å². The van der Waals surface area contributed by atoms with Gasteiger partial charge in [0.2, 0.25) is 0 Å². The first-order valence-corrected chi connectivity index (χ1v) is 3.86. The average Bonchev–Trinajstić information content (AvgIpc) is 2.15. The zero-order chi connectivity index (χ0) is 9.68. The van der Waals surface area contributed by atoms with Crippen molar-refractivity contribution in [2.24, 2.45) is 5.73 Å². The second kappa shape index (κ2) is 4.47. The van der Waals surface area contributed by atoms with Crippen molar-refractivity contribution < 1.29 is 14.6 Å². The van der Waals surface area contributed by atoms with Gasteiger partial charge in [0.25, 0.3) is 0 Å². The molecule has 0 bridgehead atoms. The Hall–Kier alpha value is -1.55. The zero-order valence-corrected chi connectivity index (χ0v) is 7.01. The molecule has 4 nitrogen and oxygen atoms in total. The summed E-state index contributed by atoms with van der Waals surface area (Å²) in [5.74, 6) is -0.435. The van der Waals surface area contributed by atoms with Gasteiger partial charge in [-0.25, -0.2) is 0 Å².